The second-order valence-corrected chi connectivity index (χ2v) is 6.00. The highest BCUT2D eigenvalue weighted by molar-refractivity contribution is 5.92. The van der Waals surface area contributed by atoms with E-state index in [2.05, 4.69) is 62.0 Å². The van der Waals surface area contributed by atoms with E-state index in [0.717, 1.165) is 19.4 Å². The molecule has 2 aromatic rings. The maximum atomic E-state index is 5.24. The van der Waals surface area contributed by atoms with Gasteiger partial charge in [-0.15, -0.1) is 0 Å². The molecule has 1 aliphatic rings. The Hall–Kier alpha value is -1.86. The number of allylic oxidation sites excluding steroid dienone is 1. The summed E-state index contributed by atoms with van der Waals surface area (Å²) in [6, 6.07) is 17.4. The Balaban J connectivity index is 2.13. The number of rotatable bonds is 4. The van der Waals surface area contributed by atoms with Gasteiger partial charge in [0.05, 0.1) is 0 Å². The molecule has 3 rings (SSSR count). The van der Waals surface area contributed by atoms with E-state index in [9.17, 15) is 0 Å². The van der Waals surface area contributed by atoms with Gasteiger partial charge in [0, 0.05) is 19.1 Å². The molecule has 1 aliphatic carbocycles. The van der Waals surface area contributed by atoms with Crippen molar-refractivity contribution < 1.29 is 4.74 Å². The highest BCUT2D eigenvalue weighted by Crippen LogP contribution is 2.51. The summed E-state index contributed by atoms with van der Waals surface area (Å²) < 4.78 is 5.24. The molecular weight excluding hydrogens is 256 g/mol. The largest absolute Gasteiger partial charge is 0.385 e. The summed E-state index contributed by atoms with van der Waals surface area (Å²) in [5.41, 5.74) is 6.56. The summed E-state index contributed by atoms with van der Waals surface area (Å²) in [4.78, 5) is 0. The topological polar surface area (TPSA) is 9.23 Å². The summed E-state index contributed by atoms with van der Waals surface area (Å²) in [5.74, 6) is 0. The molecule has 0 saturated heterocycles. The first kappa shape index (κ1) is 14.1. The van der Waals surface area contributed by atoms with Gasteiger partial charge in [-0.25, -0.2) is 0 Å². The molecule has 0 fully saturated rings. The van der Waals surface area contributed by atoms with E-state index < -0.39 is 0 Å². The summed E-state index contributed by atoms with van der Waals surface area (Å²) in [6.07, 6.45) is 2.10. The molecule has 0 heterocycles. The van der Waals surface area contributed by atoms with Crippen molar-refractivity contribution in [3.8, 4) is 11.1 Å². The average molecular weight is 278 g/mol. The summed E-state index contributed by atoms with van der Waals surface area (Å²) in [5, 5.41) is 0. The molecular formula is C20H22O. The third kappa shape index (κ3) is 2.22. The molecule has 0 bridgehead atoms. The summed E-state index contributed by atoms with van der Waals surface area (Å²) in [6.45, 7) is 7.56. The van der Waals surface area contributed by atoms with Gasteiger partial charge in [-0.05, 0) is 40.7 Å². The summed E-state index contributed by atoms with van der Waals surface area (Å²) in [7, 11) is 1.77. The number of hydrogen-bond acceptors (Lipinski definition) is 1. The normalized spacial score (nSPS) is 20.0. The predicted molar refractivity (Wildman–Crippen MR) is 89.4 cm³/mol. The highest BCUT2D eigenvalue weighted by atomic mass is 16.5. The van der Waals surface area contributed by atoms with Crippen molar-refractivity contribution in [2.75, 3.05) is 13.7 Å². The number of ether oxygens (including phenoxy) is 1. The number of hydrogen-bond donors (Lipinski definition) is 0. The maximum absolute atomic E-state index is 5.24. The van der Waals surface area contributed by atoms with E-state index in [0.29, 0.717) is 0 Å². The van der Waals surface area contributed by atoms with E-state index in [1.165, 1.54) is 27.8 Å². The van der Waals surface area contributed by atoms with Gasteiger partial charge in [0.1, 0.15) is 0 Å². The van der Waals surface area contributed by atoms with Gasteiger partial charge < -0.3 is 4.74 Å². The minimum Gasteiger partial charge on any atom is -0.385 e. The molecule has 0 amide bonds. The van der Waals surface area contributed by atoms with Crippen molar-refractivity contribution in [2.45, 2.75) is 25.2 Å². The Morgan fingerprint density at radius 1 is 0.952 bits per heavy atom. The molecule has 0 radical (unpaired) electrons. The standard InChI is InChI=1S/C20H22O/c1-15-16-9-4-5-10-17(16)18-11-6-7-12-19(18)20(15,2)13-8-14-21-3/h4-7,9-12H,1,8,13-14H2,2-3H3. The van der Waals surface area contributed by atoms with E-state index in [-0.39, 0.29) is 5.41 Å². The lowest BCUT2D eigenvalue weighted by Gasteiger charge is -2.39. The zero-order valence-electron chi connectivity index (χ0n) is 12.9. The Kier molecular flexibility index (Phi) is 3.69. The molecule has 1 atom stereocenters. The summed E-state index contributed by atoms with van der Waals surface area (Å²) >= 11 is 0. The monoisotopic (exact) mass is 278 g/mol. The van der Waals surface area contributed by atoms with Gasteiger partial charge in [-0.1, -0.05) is 62.0 Å². The molecule has 0 N–H and O–H groups in total. The minimum atomic E-state index is -0.0104. The fourth-order valence-electron chi connectivity index (χ4n) is 3.50. The third-order valence-corrected chi connectivity index (χ3v) is 4.76. The minimum absolute atomic E-state index is 0.0104. The number of benzene rings is 2. The smallest absolute Gasteiger partial charge is 0.0462 e. The van der Waals surface area contributed by atoms with Crippen LogP contribution in [0.1, 0.15) is 30.9 Å². The van der Waals surface area contributed by atoms with Crippen LogP contribution < -0.4 is 0 Å². The van der Waals surface area contributed by atoms with Crippen molar-refractivity contribution >= 4 is 5.57 Å². The highest BCUT2D eigenvalue weighted by Gasteiger charge is 2.37. The van der Waals surface area contributed by atoms with E-state index in [1.54, 1.807) is 7.11 Å². The van der Waals surface area contributed by atoms with Crippen LogP contribution in [-0.4, -0.2) is 13.7 Å². The Morgan fingerprint density at radius 2 is 1.57 bits per heavy atom. The first-order chi connectivity index (χ1) is 10.2. The predicted octanol–water partition coefficient (Wildman–Crippen LogP) is 5.06. The van der Waals surface area contributed by atoms with Crippen LogP contribution in [0.4, 0.5) is 0 Å². The molecule has 0 aliphatic heterocycles. The molecule has 1 heteroatoms. The zero-order valence-corrected chi connectivity index (χ0v) is 12.9. The van der Waals surface area contributed by atoms with E-state index >= 15 is 0 Å². The van der Waals surface area contributed by atoms with Crippen LogP contribution in [-0.2, 0) is 10.2 Å². The van der Waals surface area contributed by atoms with Gasteiger partial charge in [-0.2, -0.15) is 0 Å². The van der Waals surface area contributed by atoms with Crippen LogP contribution in [0, 0.1) is 0 Å². The Morgan fingerprint density at radius 3 is 2.29 bits per heavy atom. The Bertz CT molecular complexity index is 671. The lowest BCUT2D eigenvalue weighted by atomic mass is 9.64. The van der Waals surface area contributed by atoms with Crippen molar-refractivity contribution in [3.05, 3.63) is 66.2 Å². The lowest BCUT2D eigenvalue weighted by molar-refractivity contribution is 0.188. The van der Waals surface area contributed by atoms with Crippen LogP contribution in [0.3, 0.4) is 0 Å². The second kappa shape index (κ2) is 5.50. The fraction of sp³-hybridized carbons (Fsp3) is 0.300. The van der Waals surface area contributed by atoms with E-state index in [4.69, 9.17) is 4.74 Å². The molecule has 0 saturated carbocycles. The first-order valence-electron chi connectivity index (χ1n) is 7.56. The van der Waals surface area contributed by atoms with Crippen LogP contribution >= 0.6 is 0 Å². The number of fused-ring (bicyclic) bond motifs is 3. The van der Waals surface area contributed by atoms with Crippen molar-refractivity contribution in [1.29, 1.82) is 0 Å². The van der Waals surface area contributed by atoms with Gasteiger partial charge in [0.25, 0.3) is 0 Å². The fourth-order valence-corrected chi connectivity index (χ4v) is 3.50. The second-order valence-electron chi connectivity index (χ2n) is 6.00. The molecule has 2 aromatic carbocycles. The van der Waals surface area contributed by atoms with Gasteiger partial charge in [0.15, 0.2) is 0 Å². The molecule has 0 spiro atoms. The van der Waals surface area contributed by atoms with Gasteiger partial charge in [0.2, 0.25) is 0 Å². The first-order valence-corrected chi connectivity index (χ1v) is 7.56. The Labute approximate surface area is 127 Å². The zero-order chi connectivity index (χ0) is 14.9. The number of methoxy groups -OCH3 is 1. The van der Waals surface area contributed by atoms with Gasteiger partial charge in [-0.3, -0.25) is 0 Å². The van der Waals surface area contributed by atoms with Crippen molar-refractivity contribution in [3.63, 3.8) is 0 Å². The van der Waals surface area contributed by atoms with Crippen molar-refractivity contribution in [1.82, 2.24) is 0 Å². The van der Waals surface area contributed by atoms with Crippen LogP contribution in [0.15, 0.2) is 55.1 Å². The quantitative estimate of drug-likeness (QED) is 0.710. The molecule has 108 valence electrons. The van der Waals surface area contributed by atoms with Crippen molar-refractivity contribution in [2.24, 2.45) is 0 Å². The molecule has 1 unspecified atom stereocenters. The average Bonchev–Trinajstić information content (AvgIpc) is 2.53. The van der Waals surface area contributed by atoms with Gasteiger partial charge >= 0.3 is 0 Å². The molecule has 21 heavy (non-hydrogen) atoms. The molecule has 1 nitrogen and oxygen atoms in total. The lowest BCUT2D eigenvalue weighted by Crippen LogP contribution is -2.28. The van der Waals surface area contributed by atoms with Crippen LogP contribution in [0.25, 0.3) is 16.7 Å². The maximum Gasteiger partial charge on any atom is 0.0462 e. The molecule has 0 aromatic heterocycles. The van der Waals surface area contributed by atoms with E-state index in [1.807, 2.05) is 0 Å². The van der Waals surface area contributed by atoms with Crippen LogP contribution in [0.2, 0.25) is 0 Å². The third-order valence-electron chi connectivity index (χ3n) is 4.76. The van der Waals surface area contributed by atoms with Crippen LogP contribution in [0.5, 0.6) is 0 Å². The SMILES string of the molecule is C=C1c2ccccc2-c2ccccc2C1(C)CCCOC.